The Morgan fingerprint density at radius 2 is 2.10 bits per heavy atom. The van der Waals surface area contributed by atoms with Gasteiger partial charge in [0.05, 0.1) is 0 Å². The van der Waals surface area contributed by atoms with Crippen LogP contribution in [0, 0.1) is 0 Å². The molecule has 1 amide bonds. The molecule has 1 heterocycles. The molecule has 4 heteroatoms. The zero-order valence-electron chi connectivity index (χ0n) is 12.1. The molecule has 1 saturated heterocycles. The van der Waals surface area contributed by atoms with Crippen LogP contribution in [0.5, 0.6) is 0 Å². The third kappa shape index (κ3) is 3.81. The van der Waals surface area contributed by atoms with Gasteiger partial charge < -0.3 is 10.4 Å². The standard InChI is InChI=1S/C16H24N2O2/c1-17-16(20)14-7-5-13(6-8-14)12-18-10-3-2-4-15(18)9-11-19/h5-8,15,19H,2-4,9-12H2,1H3,(H,17,20). The second kappa shape index (κ2) is 7.41. The molecule has 110 valence electrons. The summed E-state index contributed by atoms with van der Waals surface area (Å²) in [5, 5.41) is 11.8. The van der Waals surface area contributed by atoms with Gasteiger partial charge in [0.2, 0.25) is 0 Å². The number of piperidine rings is 1. The van der Waals surface area contributed by atoms with Crippen LogP contribution in [-0.2, 0) is 6.54 Å². The Hall–Kier alpha value is -1.39. The Kier molecular flexibility index (Phi) is 5.56. The van der Waals surface area contributed by atoms with Crippen LogP contribution >= 0.6 is 0 Å². The molecule has 20 heavy (non-hydrogen) atoms. The molecule has 0 spiro atoms. The van der Waals surface area contributed by atoms with Crippen LogP contribution in [0.25, 0.3) is 0 Å². The van der Waals surface area contributed by atoms with Crippen molar-refractivity contribution in [3.8, 4) is 0 Å². The van der Waals surface area contributed by atoms with E-state index in [1.165, 1.54) is 24.8 Å². The predicted octanol–water partition coefficient (Wildman–Crippen LogP) is 1.78. The maximum Gasteiger partial charge on any atom is 0.251 e. The van der Waals surface area contributed by atoms with Gasteiger partial charge in [0.15, 0.2) is 0 Å². The molecule has 0 radical (unpaired) electrons. The summed E-state index contributed by atoms with van der Waals surface area (Å²) < 4.78 is 0. The third-order valence-corrected chi connectivity index (χ3v) is 4.04. The first-order chi connectivity index (χ1) is 9.74. The third-order valence-electron chi connectivity index (χ3n) is 4.04. The van der Waals surface area contributed by atoms with Crippen molar-refractivity contribution in [3.05, 3.63) is 35.4 Å². The Morgan fingerprint density at radius 3 is 2.75 bits per heavy atom. The van der Waals surface area contributed by atoms with Crippen LogP contribution < -0.4 is 5.32 Å². The van der Waals surface area contributed by atoms with Crippen molar-refractivity contribution in [1.29, 1.82) is 0 Å². The quantitative estimate of drug-likeness (QED) is 0.862. The summed E-state index contributed by atoms with van der Waals surface area (Å²) in [5.41, 5.74) is 1.92. The fourth-order valence-electron chi connectivity index (χ4n) is 2.88. The lowest BCUT2D eigenvalue weighted by Gasteiger charge is -2.35. The molecule has 1 aromatic rings. The Morgan fingerprint density at radius 1 is 1.35 bits per heavy atom. The molecule has 2 N–H and O–H groups in total. The van der Waals surface area contributed by atoms with Crippen LogP contribution in [-0.4, -0.2) is 42.2 Å². The maximum atomic E-state index is 11.5. The van der Waals surface area contributed by atoms with Gasteiger partial charge in [-0.15, -0.1) is 0 Å². The maximum absolute atomic E-state index is 11.5. The van der Waals surface area contributed by atoms with E-state index in [1.54, 1.807) is 7.05 Å². The predicted molar refractivity (Wildman–Crippen MR) is 79.6 cm³/mol. The molecular formula is C16H24N2O2. The minimum atomic E-state index is -0.0484. The molecule has 0 saturated carbocycles. The second-order valence-electron chi connectivity index (χ2n) is 5.41. The van der Waals surface area contributed by atoms with Gasteiger partial charge in [-0.1, -0.05) is 18.6 Å². The number of benzene rings is 1. The van der Waals surface area contributed by atoms with E-state index in [-0.39, 0.29) is 12.5 Å². The fraction of sp³-hybridized carbons (Fsp3) is 0.562. The highest BCUT2D eigenvalue weighted by Crippen LogP contribution is 2.21. The summed E-state index contributed by atoms with van der Waals surface area (Å²) in [6, 6.07) is 8.29. The summed E-state index contributed by atoms with van der Waals surface area (Å²) in [7, 11) is 1.64. The molecule has 4 nitrogen and oxygen atoms in total. The Bertz CT molecular complexity index is 429. The number of carbonyl (C=O) groups excluding carboxylic acids is 1. The molecule has 0 aliphatic carbocycles. The van der Waals surface area contributed by atoms with Crippen LogP contribution in [0.3, 0.4) is 0 Å². The number of hydrogen-bond donors (Lipinski definition) is 2. The van der Waals surface area contributed by atoms with Crippen molar-refractivity contribution in [1.82, 2.24) is 10.2 Å². The molecule has 2 rings (SSSR count). The minimum Gasteiger partial charge on any atom is -0.396 e. The molecule has 1 aromatic carbocycles. The molecule has 1 fully saturated rings. The number of hydrogen-bond acceptors (Lipinski definition) is 3. The average Bonchev–Trinajstić information content (AvgIpc) is 2.49. The van der Waals surface area contributed by atoms with Crippen molar-refractivity contribution in [2.45, 2.75) is 38.3 Å². The normalized spacial score (nSPS) is 19.8. The summed E-state index contributed by atoms with van der Waals surface area (Å²) in [4.78, 5) is 14.0. The van der Waals surface area contributed by atoms with Crippen molar-refractivity contribution < 1.29 is 9.90 Å². The molecule has 1 unspecified atom stereocenters. The fourth-order valence-corrected chi connectivity index (χ4v) is 2.88. The highest BCUT2D eigenvalue weighted by molar-refractivity contribution is 5.93. The van der Waals surface area contributed by atoms with Crippen LogP contribution in [0.4, 0.5) is 0 Å². The largest absolute Gasteiger partial charge is 0.396 e. The van der Waals surface area contributed by atoms with E-state index in [4.69, 9.17) is 5.11 Å². The second-order valence-corrected chi connectivity index (χ2v) is 5.41. The van der Waals surface area contributed by atoms with Crippen molar-refractivity contribution in [2.75, 3.05) is 20.2 Å². The molecule has 1 atom stereocenters. The molecule has 1 aliphatic rings. The van der Waals surface area contributed by atoms with E-state index in [1.807, 2.05) is 24.3 Å². The first kappa shape index (κ1) is 15.0. The van der Waals surface area contributed by atoms with Gasteiger partial charge >= 0.3 is 0 Å². The lowest BCUT2D eigenvalue weighted by atomic mass is 9.98. The van der Waals surface area contributed by atoms with Gasteiger partial charge in [-0.25, -0.2) is 0 Å². The monoisotopic (exact) mass is 276 g/mol. The number of carbonyl (C=O) groups is 1. The molecule has 0 bridgehead atoms. The van der Waals surface area contributed by atoms with E-state index < -0.39 is 0 Å². The number of amides is 1. The highest BCUT2D eigenvalue weighted by Gasteiger charge is 2.21. The zero-order valence-corrected chi connectivity index (χ0v) is 12.1. The average molecular weight is 276 g/mol. The first-order valence-corrected chi connectivity index (χ1v) is 7.40. The summed E-state index contributed by atoms with van der Waals surface area (Å²) in [6.45, 7) is 2.26. The van der Waals surface area contributed by atoms with E-state index in [2.05, 4.69) is 10.2 Å². The summed E-state index contributed by atoms with van der Waals surface area (Å²) >= 11 is 0. The molecule has 1 aliphatic heterocycles. The van der Waals surface area contributed by atoms with Gasteiger partial charge in [-0.3, -0.25) is 9.69 Å². The van der Waals surface area contributed by atoms with Gasteiger partial charge in [0, 0.05) is 31.8 Å². The number of aliphatic hydroxyl groups excluding tert-OH is 1. The number of rotatable bonds is 5. The SMILES string of the molecule is CNC(=O)c1ccc(CN2CCCCC2CCO)cc1. The number of nitrogens with zero attached hydrogens (tertiary/aromatic N) is 1. The van der Waals surface area contributed by atoms with E-state index in [0.717, 1.165) is 19.5 Å². The minimum absolute atomic E-state index is 0.0484. The van der Waals surface area contributed by atoms with Crippen molar-refractivity contribution >= 4 is 5.91 Å². The van der Waals surface area contributed by atoms with Crippen molar-refractivity contribution in [2.24, 2.45) is 0 Å². The van der Waals surface area contributed by atoms with Crippen LogP contribution in [0.2, 0.25) is 0 Å². The lowest BCUT2D eigenvalue weighted by Crippen LogP contribution is -2.39. The smallest absolute Gasteiger partial charge is 0.251 e. The van der Waals surface area contributed by atoms with Gasteiger partial charge in [-0.05, 0) is 43.5 Å². The van der Waals surface area contributed by atoms with Gasteiger partial charge in [0.1, 0.15) is 0 Å². The summed E-state index contributed by atoms with van der Waals surface area (Å²) in [5.74, 6) is -0.0484. The number of aliphatic hydroxyl groups is 1. The topological polar surface area (TPSA) is 52.6 Å². The van der Waals surface area contributed by atoms with Gasteiger partial charge in [0.25, 0.3) is 5.91 Å². The Balaban J connectivity index is 1.99. The summed E-state index contributed by atoms with van der Waals surface area (Å²) in [6.07, 6.45) is 4.53. The number of likely N-dealkylation sites (tertiary alicyclic amines) is 1. The van der Waals surface area contributed by atoms with Gasteiger partial charge in [-0.2, -0.15) is 0 Å². The molecule has 0 aromatic heterocycles. The first-order valence-electron chi connectivity index (χ1n) is 7.40. The van der Waals surface area contributed by atoms with E-state index in [0.29, 0.717) is 11.6 Å². The van der Waals surface area contributed by atoms with Crippen LogP contribution in [0.1, 0.15) is 41.6 Å². The van der Waals surface area contributed by atoms with Crippen molar-refractivity contribution in [3.63, 3.8) is 0 Å². The lowest BCUT2D eigenvalue weighted by molar-refractivity contribution is 0.0962. The van der Waals surface area contributed by atoms with E-state index >= 15 is 0 Å². The number of nitrogens with one attached hydrogen (secondary N) is 1. The Labute approximate surface area is 120 Å². The molecular weight excluding hydrogens is 252 g/mol. The van der Waals surface area contributed by atoms with E-state index in [9.17, 15) is 4.79 Å². The highest BCUT2D eigenvalue weighted by atomic mass is 16.3. The van der Waals surface area contributed by atoms with Crippen LogP contribution in [0.15, 0.2) is 24.3 Å². The zero-order chi connectivity index (χ0) is 14.4.